The summed E-state index contributed by atoms with van der Waals surface area (Å²) < 4.78 is 0. The van der Waals surface area contributed by atoms with E-state index in [9.17, 15) is 14.4 Å². The number of imide groups is 1. The molecule has 25 heavy (non-hydrogen) atoms. The largest absolute Gasteiger partial charge is 0.293 e. The first-order valence-corrected chi connectivity index (χ1v) is 8.24. The second kappa shape index (κ2) is 7.16. The highest BCUT2D eigenvalue weighted by Crippen LogP contribution is 2.32. The summed E-state index contributed by atoms with van der Waals surface area (Å²) in [5, 5.41) is 8.31. The number of amides is 2. The molecule has 1 aliphatic heterocycles. The van der Waals surface area contributed by atoms with Gasteiger partial charge in [-0.15, -0.1) is 0 Å². The monoisotopic (exact) mass is 348 g/mol. The predicted molar refractivity (Wildman–Crippen MR) is 94.6 cm³/mol. The number of thioether (sulfide) groups is 1. The summed E-state index contributed by atoms with van der Waals surface area (Å²) in [4.78, 5) is 38.0. The fourth-order valence-electron chi connectivity index (χ4n) is 2.30. The van der Waals surface area contributed by atoms with Crippen molar-refractivity contribution in [3.63, 3.8) is 0 Å². The van der Waals surface area contributed by atoms with E-state index < -0.39 is 11.1 Å². The Labute approximate surface area is 148 Å². The van der Waals surface area contributed by atoms with E-state index in [0.717, 1.165) is 22.2 Å². The van der Waals surface area contributed by atoms with Crippen molar-refractivity contribution < 1.29 is 14.4 Å². The van der Waals surface area contributed by atoms with Gasteiger partial charge in [-0.05, 0) is 35.5 Å². The SMILES string of the molecule is N#Cc1ccc(C(=O)CN2C(=O)S/C(=C/c3ccccc3)C2=O)cc1. The molecule has 0 N–H and O–H groups in total. The fourth-order valence-corrected chi connectivity index (χ4v) is 3.14. The molecule has 0 spiro atoms. The van der Waals surface area contributed by atoms with E-state index in [-0.39, 0.29) is 12.3 Å². The fraction of sp³-hybridized carbons (Fsp3) is 0.0526. The van der Waals surface area contributed by atoms with Gasteiger partial charge in [-0.3, -0.25) is 19.3 Å². The number of carbonyl (C=O) groups is 3. The number of Topliss-reactive ketones (excluding diaryl/α,β-unsaturated/α-hetero) is 1. The number of benzene rings is 2. The highest BCUT2D eigenvalue weighted by molar-refractivity contribution is 8.18. The highest BCUT2D eigenvalue weighted by Gasteiger charge is 2.36. The third-order valence-corrected chi connectivity index (χ3v) is 4.52. The van der Waals surface area contributed by atoms with Crippen molar-refractivity contribution >= 4 is 34.8 Å². The van der Waals surface area contributed by atoms with E-state index in [1.54, 1.807) is 6.08 Å². The lowest BCUT2D eigenvalue weighted by molar-refractivity contribution is -0.122. The molecular formula is C19H12N2O3S. The molecule has 0 atom stereocenters. The van der Waals surface area contributed by atoms with Crippen LogP contribution >= 0.6 is 11.8 Å². The molecule has 0 bridgehead atoms. The summed E-state index contributed by atoms with van der Waals surface area (Å²) in [7, 11) is 0. The van der Waals surface area contributed by atoms with Gasteiger partial charge < -0.3 is 0 Å². The summed E-state index contributed by atoms with van der Waals surface area (Å²) in [6.07, 6.45) is 1.64. The maximum absolute atomic E-state index is 12.4. The van der Waals surface area contributed by atoms with Gasteiger partial charge in [0.05, 0.1) is 23.1 Å². The van der Waals surface area contributed by atoms with Crippen LogP contribution in [-0.4, -0.2) is 28.4 Å². The lowest BCUT2D eigenvalue weighted by atomic mass is 10.1. The second-order valence-electron chi connectivity index (χ2n) is 5.29. The maximum atomic E-state index is 12.4. The Balaban J connectivity index is 1.75. The number of rotatable bonds is 4. The van der Waals surface area contributed by atoms with E-state index >= 15 is 0 Å². The van der Waals surface area contributed by atoms with Crippen LogP contribution < -0.4 is 0 Å². The predicted octanol–water partition coefficient (Wildman–Crippen LogP) is 3.48. The third kappa shape index (κ3) is 3.67. The quantitative estimate of drug-likeness (QED) is 0.624. The zero-order valence-corrected chi connectivity index (χ0v) is 13.8. The molecule has 5 nitrogen and oxygen atoms in total. The minimum absolute atomic E-state index is 0.295. The molecule has 3 rings (SSSR count). The molecule has 1 fully saturated rings. The molecule has 6 heteroatoms. The van der Waals surface area contributed by atoms with Crippen molar-refractivity contribution in [2.45, 2.75) is 0 Å². The Morgan fingerprint density at radius 3 is 2.40 bits per heavy atom. The van der Waals surface area contributed by atoms with Gasteiger partial charge in [-0.25, -0.2) is 0 Å². The summed E-state index contributed by atoms with van der Waals surface area (Å²) in [5.74, 6) is -0.825. The summed E-state index contributed by atoms with van der Waals surface area (Å²) in [6, 6.07) is 17.2. The summed E-state index contributed by atoms with van der Waals surface area (Å²) >= 11 is 0.823. The van der Waals surface area contributed by atoms with Crippen LogP contribution in [0.15, 0.2) is 59.5 Å². The summed E-state index contributed by atoms with van der Waals surface area (Å²) in [5.41, 5.74) is 1.60. The van der Waals surface area contributed by atoms with Crippen molar-refractivity contribution in [2.24, 2.45) is 0 Å². The minimum atomic E-state index is -0.471. The molecule has 2 aromatic rings. The molecule has 0 saturated carbocycles. The van der Waals surface area contributed by atoms with Crippen molar-refractivity contribution in [1.29, 1.82) is 5.26 Å². The second-order valence-corrected chi connectivity index (χ2v) is 6.28. The van der Waals surface area contributed by atoms with Gasteiger partial charge in [-0.1, -0.05) is 42.5 Å². The first-order chi connectivity index (χ1) is 12.1. The van der Waals surface area contributed by atoms with Crippen LogP contribution in [0.4, 0.5) is 4.79 Å². The molecule has 0 radical (unpaired) electrons. The van der Waals surface area contributed by atoms with Crippen LogP contribution in [0.3, 0.4) is 0 Å². The molecular weight excluding hydrogens is 336 g/mol. The zero-order chi connectivity index (χ0) is 17.8. The van der Waals surface area contributed by atoms with Gasteiger partial charge in [0.15, 0.2) is 5.78 Å². The van der Waals surface area contributed by atoms with E-state index in [1.807, 2.05) is 36.4 Å². The van der Waals surface area contributed by atoms with E-state index in [4.69, 9.17) is 5.26 Å². The van der Waals surface area contributed by atoms with Crippen molar-refractivity contribution in [1.82, 2.24) is 4.90 Å². The van der Waals surface area contributed by atoms with Crippen molar-refractivity contribution in [3.05, 3.63) is 76.2 Å². The highest BCUT2D eigenvalue weighted by atomic mass is 32.2. The Hall–Kier alpha value is -3.17. The Morgan fingerprint density at radius 2 is 1.76 bits per heavy atom. The first kappa shape index (κ1) is 16.7. The molecule has 122 valence electrons. The number of hydrogen-bond donors (Lipinski definition) is 0. The standard InChI is InChI=1S/C19H12N2O3S/c20-11-14-6-8-15(9-7-14)16(22)12-21-18(23)17(25-19(21)24)10-13-4-2-1-3-5-13/h1-10H,12H2/b17-10+. The molecule has 2 amide bonds. The lowest BCUT2D eigenvalue weighted by Gasteiger charge is -2.11. The van der Waals surface area contributed by atoms with Gasteiger partial charge in [0.2, 0.25) is 0 Å². The van der Waals surface area contributed by atoms with Crippen LogP contribution in [-0.2, 0) is 4.79 Å². The maximum Gasteiger partial charge on any atom is 0.293 e. The lowest BCUT2D eigenvalue weighted by Crippen LogP contribution is -2.33. The molecule has 1 saturated heterocycles. The molecule has 0 aromatic heterocycles. The van der Waals surface area contributed by atoms with Crippen molar-refractivity contribution in [3.8, 4) is 6.07 Å². The van der Waals surface area contributed by atoms with Gasteiger partial charge >= 0.3 is 0 Å². The first-order valence-electron chi connectivity index (χ1n) is 7.42. The van der Waals surface area contributed by atoms with Crippen LogP contribution in [0.5, 0.6) is 0 Å². The summed E-state index contributed by atoms with van der Waals surface area (Å²) in [6.45, 7) is -0.317. The van der Waals surface area contributed by atoms with Gasteiger partial charge in [0.25, 0.3) is 11.1 Å². The van der Waals surface area contributed by atoms with Gasteiger partial charge in [0, 0.05) is 5.56 Å². The van der Waals surface area contributed by atoms with Gasteiger partial charge in [-0.2, -0.15) is 5.26 Å². The Kier molecular flexibility index (Phi) is 4.78. The molecule has 1 aliphatic rings. The van der Waals surface area contributed by atoms with E-state index in [0.29, 0.717) is 16.0 Å². The van der Waals surface area contributed by atoms with Crippen molar-refractivity contribution in [2.75, 3.05) is 6.54 Å². The average Bonchev–Trinajstić information content (AvgIpc) is 2.90. The van der Waals surface area contributed by atoms with Crippen LogP contribution in [0.2, 0.25) is 0 Å². The van der Waals surface area contributed by atoms with Crippen LogP contribution in [0.25, 0.3) is 6.08 Å². The number of nitrogens with zero attached hydrogens (tertiary/aromatic N) is 2. The Morgan fingerprint density at radius 1 is 1.08 bits per heavy atom. The molecule has 1 heterocycles. The number of hydrogen-bond acceptors (Lipinski definition) is 5. The van der Waals surface area contributed by atoms with Crippen LogP contribution in [0, 0.1) is 11.3 Å². The molecule has 0 unspecified atom stereocenters. The number of nitriles is 1. The topological polar surface area (TPSA) is 78.2 Å². The number of ketones is 1. The zero-order valence-electron chi connectivity index (χ0n) is 13.0. The minimum Gasteiger partial charge on any atom is -0.292 e. The smallest absolute Gasteiger partial charge is 0.292 e. The van der Waals surface area contributed by atoms with E-state index in [1.165, 1.54) is 24.3 Å². The average molecular weight is 348 g/mol. The molecule has 0 aliphatic carbocycles. The molecule has 2 aromatic carbocycles. The van der Waals surface area contributed by atoms with Gasteiger partial charge in [0.1, 0.15) is 0 Å². The normalized spacial score (nSPS) is 15.5. The number of carbonyl (C=O) groups excluding carboxylic acids is 3. The Bertz CT molecular complexity index is 912. The third-order valence-electron chi connectivity index (χ3n) is 3.61. The van der Waals surface area contributed by atoms with Crippen LogP contribution in [0.1, 0.15) is 21.5 Å². The van der Waals surface area contributed by atoms with E-state index in [2.05, 4.69) is 0 Å².